The summed E-state index contributed by atoms with van der Waals surface area (Å²) in [4.78, 5) is 0. The fraction of sp³-hybridized carbons (Fsp3) is 0.625. The van der Waals surface area contributed by atoms with Crippen molar-refractivity contribution in [3.8, 4) is 0 Å². The Morgan fingerprint density at radius 2 is 2.00 bits per heavy atom. The van der Waals surface area contributed by atoms with Gasteiger partial charge in [0.15, 0.2) is 0 Å². The average molecular weight is 231 g/mol. The predicted octanol–water partition coefficient (Wildman–Crippen LogP) is 3.79. The lowest BCUT2D eigenvalue weighted by Gasteiger charge is -2.18. The molecule has 1 unspecified atom stereocenters. The molecular weight excluding hydrogens is 206 g/mol. The summed E-state index contributed by atoms with van der Waals surface area (Å²) in [6.07, 6.45) is 8.08. The van der Waals surface area contributed by atoms with Gasteiger partial charge in [0, 0.05) is 6.04 Å². The van der Waals surface area contributed by atoms with Crippen molar-refractivity contribution >= 4 is 0 Å². The number of rotatable bonds is 8. The van der Waals surface area contributed by atoms with Gasteiger partial charge in [0.2, 0.25) is 0 Å². The minimum absolute atomic E-state index is 0.739. The standard InChI is InChI=1S/C16H25N/c1-2-12-17-16(13-15-8-9-15)11-10-14-6-4-3-5-7-14/h3-7,15-17H,2,8-13H2,1H3. The van der Waals surface area contributed by atoms with E-state index in [1.165, 1.54) is 50.6 Å². The Bertz CT molecular complexity index is 303. The summed E-state index contributed by atoms with van der Waals surface area (Å²) in [5, 5.41) is 3.71. The highest BCUT2D eigenvalue weighted by Gasteiger charge is 2.24. The summed E-state index contributed by atoms with van der Waals surface area (Å²) in [6.45, 7) is 3.42. The summed E-state index contributed by atoms with van der Waals surface area (Å²) < 4.78 is 0. The van der Waals surface area contributed by atoms with Crippen molar-refractivity contribution in [3.63, 3.8) is 0 Å². The third-order valence-corrected chi connectivity index (χ3v) is 3.62. The summed E-state index contributed by atoms with van der Waals surface area (Å²) in [5.74, 6) is 1.03. The van der Waals surface area contributed by atoms with Gasteiger partial charge in [0.05, 0.1) is 0 Å². The second-order valence-electron chi connectivity index (χ2n) is 5.35. The number of aryl methyl sites for hydroxylation is 1. The number of benzene rings is 1. The van der Waals surface area contributed by atoms with Gasteiger partial charge in [0.25, 0.3) is 0 Å². The Labute approximate surface area is 106 Å². The van der Waals surface area contributed by atoms with E-state index in [4.69, 9.17) is 0 Å². The van der Waals surface area contributed by atoms with Gasteiger partial charge < -0.3 is 5.32 Å². The molecule has 2 rings (SSSR count). The third kappa shape index (κ3) is 4.91. The first-order valence-electron chi connectivity index (χ1n) is 7.15. The second kappa shape index (κ2) is 6.80. The molecule has 1 fully saturated rings. The summed E-state index contributed by atoms with van der Waals surface area (Å²) in [7, 11) is 0. The zero-order valence-electron chi connectivity index (χ0n) is 11.0. The molecule has 0 bridgehead atoms. The van der Waals surface area contributed by atoms with Crippen molar-refractivity contribution in [2.75, 3.05) is 6.54 Å². The molecule has 0 aromatic heterocycles. The molecule has 1 heteroatoms. The number of hydrogen-bond acceptors (Lipinski definition) is 1. The van der Waals surface area contributed by atoms with Crippen molar-refractivity contribution in [1.82, 2.24) is 5.32 Å². The normalized spacial score (nSPS) is 17.0. The Kier molecular flexibility index (Phi) is 5.06. The number of hydrogen-bond donors (Lipinski definition) is 1. The molecule has 0 heterocycles. The highest BCUT2D eigenvalue weighted by Crippen LogP contribution is 2.34. The molecule has 1 aliphatic carbocycles. The summed E-state index contributed by atoms with van der Waals surface area (Å²) in [6, 6.07) is 11.6. The van der Waals surface area contributed by atoms with Crippen LogP contribution >= 0.6 is 0 Å². The molecule has 1 aromatic carbocycles. The second-order valence-corrected chi connectivity index (χ2v) is 5.35. The van der Waals surface area contributed by atoms with Crippen LogP contribution in [0, 0.1) is 5.92 Å². The van der Waals surface area contributed by atoms with Crippen molar-refractivity contribution in [3.05, 3.63) is 35.9 Å². The smallest absolute Gasteiger partial charge is 0.00728 e. The minimum Gasteiger partial charge on any atom is -0.314 e. The predicted molar refractivity (Wildman–Crippen MR) is 74.2 cm³/mol. The van der Waals surface area contributed by atoms with E-state index in [0.717, 1.165) is 12.0 Å². The van der Waals surface area contributed by atoms with E-state index in [1.807, 2.05) is 0 Å². The molecule has 0 spiro atoms. The van der Waals surface area contributed by atoms with Crippen LogP contribution in [0.4, 0.5) is 0 Å². The fourth-order valence-electron chi connectivity index (χ4n) is 2.39. The quantitative estimate of drug-likeness (QED) is 0.718. The Balaban J connectivity index is 1.75. The van der Waals surface area contributed by atoms with Gasteiger partial charge in [-0.15, -0.1) is 0 Å². The minimum atomic E-state index is 0.739. The van der Waals surface area contributed by atoms with Crippen LogP contribution in [0.1, 0.15) is 44.6 Å². The van der Waals surface area contributed by atoms with Gasteiger partial charge in [-0.1, -0.05) is 50.1 Å². The topological polar surface area (TPSA) is 12.0 Å². The van der Waals surface area contributed by atoms with Gasteiger partial charge in [0.1, 0.15) is 0 Å². The molecule has 1 N–H and O–H groups in total. The van der Waals surface area contributed by atoms with Gasteiger partial charge in [-0.05, 0) is 43.7 Å². The van der Waals surface area contributed by atoms with Crippen LogP contribution in [0.15, 0.2) is 30.3 Å². The summed E-state index contributed by atoms with van der Waals surface area (Å²) in [5.41, 5.74) is 1.48. The molecule has 17 heavy (non-hydrogen) atoms. The Hall–Kier alpha value is -0.820. The molecule has 1 atom stereocenters. The van der Waals surface area contributed by atoms with E-state index in [1.54, 1.807) is 0 Å². The first kappa shape index (κ1) is 12.6. The highest BCUT2D eigenvalue weighted by molar-refractivity contribution is 5.14. The number of nitrogens with one attached hydrogen (secondary N) is 1. The van der Waals surface area contributed by atoms with E-state index in [9.17, 15) is 0 Å². The SMILES string of the molecule is CCCNC(CCc1ccccc1)CC1CC1. The van der Waals surface area contributed by atoms with E-state index >= 15 is 0 Å². The molecule has 0 amide bonds. The molecule has 0 saturated heterocycles. The molecular formula is C16H25N. The maximum absolute atomic E-state index is 3.71. The van der Waals surface area contributed by atoms with Crippen molar-refractivity contribution in [2.45, 2.75) is 51.5 Å². The van der Waals surface area contributed by atoms with E-state index in [0.29, 0.717) is 0 Å². The first-order valence-corrected chi connectivity index (χ1v) is 7.15. The lowest BCUT2D eigenvalue weighted by Crippen LogP contribution is -2.30. The average Bonchev–Trinajstić information content (AvgIpc) is 3.18. The maximum atomic E-state index is 3.71. The molecule has 1 nitrogen and oxygen atoms in total. The molecule has 0 radical (unpaired) electrons. The van der Waals surface area contributed by atoms with Crippen LogP contribution in [-0.4, -0.2) is 12.6 Å². The largest absolute Gasteiger partial charge is 0.314 e. The monoisotopic (exact) mass is 231 g/mol. The van der Waals surface area contributed by atoms with Crippen LogP contribution in [-0.2, 0) is 6.42 Å². The molecule has 1 aromatic rings. The van der Waals surface area contributed by atoms with Gasteiger partial charge in [-0.25, -0.2) is 0 Å². The highest BCUT2D eigenvalue weighted by atomic mass is 14.9. The van der Waals surface area contributed by atoms with Crippen LogP contribution < -0.4 is 5.32 Å². The third-order valence-electron chi connectivity index (χ3n) is 3.62. The molecule has 1 saturated carbocycles. The van der Waals surface area contributed by atoms with Crippen molar-refractivity contribution in [2.24, 2.45) is 5.92 Å². The van der Waals surface area contributed by atoms with E-state index in [2.05, 4.69) is 42.6 Å². The van der Waals surface area contributed by atoms with Crippen LogP contribution in [0.2, 0.25) is 0 Å². The van der Waals surface area contributed by atoms with Crippen LogP contribution in [0.25, 0.3) is 0 Å². The van der Waals surface area contributed by atoms with Gasteiger partial charge in [-0.3, -0.25) is 0 Å². The first-order chi connectivity index (χ1) is 8.38. The molecule has 0 aliphatic heterocycles. The zero-order valence-corrected chi connectivity index (χ0v) is 11.0. The van der Waals surface area contributed by atoms with Crippen LogP contribution in [0.5, 0.6) is 0 Å². The van der Waals surface area contributed by atoms with Crippen LogP contribution in [0.3, 0.4) is 0 Å². The van der Waals surface area contributed by atoms with E-state index < -0.39 is 0 Å². The van der Waals surface area contributed by atoms with Gasteiger partial charge >= 0.3 is 0 Å². The molecule has 1 aliphatic rings. The van der Waals surface area contributed by atoms with Crippen molar-refractivity contribution < 1.29 is 0 Å². The zero-order chi connectivity index (χ0) is 11.9. The lowest BCUT2D eigenvalue weighted by atomic mass is 10.0. The lowest BCUT2D eigenvalue weighted by molar-refractivity contribution is 0.433. The Morgan fingerprint density at radius 3 is 2.65 bits per heavy atom. The fourth-order valence-corrected chi connectivity index (χ4v) is 2.39. The maximum Gasteiger partial charge on any atom is 0.00728 e. The molecule has 94 valence electrons. The van der Waals surface area contributed by atoms with Gasteiger partial charge in [-0.2, -0.15) is 0 Å². The summed E-state index contributed by atoms with van der Waals surface area (Å²) >= 11 is 0. The Morgan fingerprint density at radius 1 is 1.24 bits per heavy atom. The van der Waals surface area contributed by atoms with E-state index in [-0.39, 0.29) is 0 Å². The van der Waals surface area contributed by atoms with Crippen molar-refractivity contribution in [1.29, 1.82) is 0 Å².